The van der Waals surface area contributed by atoms with Gasteiger partial charge in [0.2, 0.25) is 0 Å². The maximum Gasteiger partial charge on any atom is 0.268 e. The quantitative estimate of drug-likeness (QED) is 0.646. The molecule has 8 heteroatoms. The summed E-state index contributed by atoms with van der Waals surface area (Å²) < 4.78 is 0.680. The Labute approximate surface area is 161 Å². The molecule has 3 aromatic heterocycles. The monoisotopic (exact) mass is 384 g/mol. The molecular weight excluding hydrogens is 360 g/mol. The Bertz CT molecular complexity index is 1010. The number of aromatic nitrogens is 4. The summed E-state index contributed by atoms with van der Waals surface area (Å²) in [5.74, 6) is 0.764. The van der Waals surface area contributed by atoms with Crippen LogP contribution in [-0.4, -0.2) is 50.7 Å². The number of nitrogens with zero attached hydrogens (tertiary/aromatic N) is 3. The van der Waals surface area contributed by atoms with Gasteiger partial charge in [-0.15, -0.1) is 11.3 Å². The topological polar surface area (TPSA) is 89.7 Å². The van der Waals surface area contributed by atoms with Crippen molar-refractivity contribution in [1.82, 2.24) is 30.4 Å². The third-order valence-corrected chi connectivity index (χ3v) is 7.00. The molecule has 3 N–H and O–H groups in total. The van der Waals surface area contributed by atoms with Gasteiger partial charge in [0.05, 0.1) is 17.8 Å². The van der Waals surface area contributed by atoms with Gasteiger partial charge in [0.25, 0.3) is 5.56 Å². The number of thiophene rings is 1. The first-order chi connectivity index (χ1) is 13.2. The maximum absolute atomic E-state index is 12.7. The fourth-order valence-corrected chi connectivity index (χ4v) is 5.40. The highest BCUT2D eigenvalue weighted by Gasteiger charge is 2.31. The molecule has 2 fully saturated rings. The zero-order valence-corrected chi connectivity index (χ0v) is 16.2. The van der Waals surface area contributed by atoms with Crippen molar-refractivity contribution < 1.29 is 0 Å². The molecule has 0 spiro atoms. The Kier molecular flexibility index (Phi) is 4.34. The summed E-state index contributed by atoms with van der Waals surface area (Å²) in [5, 5.41) is 10.6. The van der Waals surface area contributed by atoms with Gasteiger partial charge >= 0.3 is 0 Å². The average Bonchev–Trinajstić information content (AvgIpc) is 3.41. The zero-order chi connectivity index (χ0) is 18.4. The van der Waals surface area contributed by atoms with Gasteiger partial charge in [-0.2, -0.15) is 5.10 Å². The molecule has 0 aromatic carbocycles. The molecule has 0 amide bonds. The molecule has 2 aliphatic heterocycles. The van der Waals surface area contributed by atoms with Gasteiger partial charge in [-0.25, -0.2) is 4.98 Å². The summed E-state index contributed by atoms with van der Waals surface area (Å²) in [4.78, 5) is 24.1. The number of aromatic amines is 2. The number of H-pyrrole nitrogens is 2. The Morgan fingerprint density at radius 2 is 2.11 bits per heavy atom. The SMILES string of the molecule is Cc1[nH]ncc1-c1cc2nc([C@@H]3CC(N4CCCCC4)CN3)[nH]c(=O)c2s1. The van der Waals surface area contributed by atoms with E-state index in [0.717, 1.165) is 40.4 Å². The fourth-order valence-electron chi connectivity index (χ4n) is 4.34. The summed E-state index contributed by atoms with van der Waals surface area (Å²) in [6.45, 7) is 5.34. The molecule has 1 unspecified atom stereocenters. The van der Waals surface area contributed by atoms with Crippen LogP contribution >= 0.6 is 11.3 Å². The van der Waals surface area contributed by atoms with E-state index in [4.69, 9.17) is 4.98 Å². The van der Waals surface area contributed by atoms with Crippen LogP contribution in [0.15, 0.2) is 17.1 Å². The Morgan fingerprint density at radius 1 is 1.26 bits per heavy atom. The van der Waals surface area contributed by atoms with E-state index < -0.39 is 0 Å². The molecule has 5 heterocycles. The Morgan fingerprint density at radius 3 is 2.89 bits per heavy atom. The fraction of sp³-hybridized carbons (Fsp3) is 0.526. The first-order valence-electron chi connectivity index (χ1n) is 9.70. The van der Waals surface area contributed by atoms with Crippen LogP contribution in [0.1, 0.15) is 43.2 Å². The lowest BCUT2D eigenvalue weighted by Crippen LogP contribution is -2.40. The number of hydrogen-bond acceptors (Lipinski definition) is 6. The summed E-state index contributed by atoms with van der Waals surface area (Å²) >= 11 is 1.48. The lowest BCUT2D eigenvalue weighted by molar-refractivity contribution is 0.171. The van der Waals surface area contributed by atoms with Gasteiger partial charge < -0.3 is 10.3 Å². The Hall–Kier alpha value is -2.03. The molecule has 0 saturated carbocycles. The van der Waals surface area contributed by atoms with Crippen molar-refractivity contribution in [3.63, 3.8) is 0 Å². The van der Waals surface area contributed by atoms with Gasteiger partial charge in [0, 0.05) is 28.7 Å². The van der Waals surface area contributed by atoms with Crippen molar-refractivity contribution in [2.24, 2.45) is 0 Å². The van der Waals surface area contributed by atoms with Crippen molar-refractivity contribution in [3.8, 4) is 10.4 Å². The van der Waals surface area contributed by atoms with Crippen LogP contribution in [0.5, 0.6) is 0 Å². The summed E-state index contributed by atoms with van der Waals surface area (Å²) in [6, 6.07) is 2.67. The lowest BCUT2D eigenvalue weighted by Gasteiger charge is -2.31. The van der Waals surface area contributed by atoms with Crippen LogP contribution in [0.4, 0.5) is 0 Å². The summed E-state index contributed by atoms with van der Waals surface area (Å²) in [6.07, 6.45) is 6.76. The van der Waals surface area contributed by atoms with Crippen LogP contribution in [0.3, 0.4) is 0 Å². The largest absolute Gasteiger partial charge is 0.308 e. The predicted molar refractivity (Wildman–Crippen MR) is 107 cm³/mol. The van der Waals surface area contributed by atoms with Gasteiger partial charge in [0.1, 0.15) is 10.5 Å². The van der Waals surface area contributed by atoms with Crippen molar-refractivity contribution in [2.45, 2.75) is 44.7 Å². The van der Waals surface area contributed by atoms with E-state index in [1.807, 2.05) is 13.0 Å². The molecule has 27 heavy (non-hydrogen) atoms. The second-order valence-electron chi connectivity index (χ2n) is 7.63. The number of aryl methyl sites for hydroxylation is 1. The van der Waals surface area contributed by atoms with E-state index in [9.17, 15) is 4.79 Å². The van der Waals surface area contributed by atoms with E-state index in [0.29, 0.717) is 10.7 Å². The van der Waals surface area contributed by atoms with Crippen molar-refractivity contribution in [2.75, 3.05) is 19.6 Å². The molecule has 2 saturated heterocycles. The van der Waals surface area contributed by atoms with Gasteiger partial charge in [-0.05, 0) is 45.3 Å². The number of fused-ring (bicyclic) bond motifs is 1. The first-order valence-corrected chi connectivity index (χ1v) is 10.5. The molecule has 3 aromatic rings. The minimum Gasteiger partial charge on any atom is -0.308 e. The zero-order valence-electron chi connectivity index (χ0n) is 15.4. The third-order valence-electron chi connectivity index (χ3n) is 5.84. The van der Waals surface area contributed by atoms with E-state index in [1.165, 1.54) is 43.7 Å². The lowest BCUT2D eigenvalue weighted by atomic mass is 10.1. The number of rotatable bonds is 3. The standard InChI is InChI=1S/C19H24N6OS/c1-11-13(10-21-24-11)16-8-14-17(27-16)19(26)23-18(22-14)15-7-12(9-20-15)25-5-3-2-4-6-25/h8,10,12,15,20H,2-7,9H2,1H3,(H,21,24)(H,22,23,26)/t12?,15-/m0/s1. The third kappa shape index (κ3) is 3.11. The van der Waals surface area contributed by atoms with E-state index >= 15 is 0 Å². The van der Waals surface area contributed by atoms with Crippen LogP contribution in [0.25, 0.3) is 20.7 Å². The molecule has 2 aliphatic rings. The minimum atomic E-state index is -0.0457. The van der Waals surface area contributed by atoms with Crippen molar-refractivity contribution >= 4 is 21.6 Å². The molecule has 2 atom stereocenters. The highest BCUT2D eigenvalue weighted by molar-refractivity contribution is 7.22. The van der Waals surface area contributed by atoms with Gasteiger partial charge in [-0.1, -0.05) is 6.42 Å². The van der Waals surface area contributed by atoms with Crippen LogP contribution in [0, 0.1) is 6.92 Å². The molecule has 0 bridgehead atoms. The molecule has 5 rings (SSSR count). The highest BCUT2D eigenvalue weighted by Crippen LogP contribution is 2.33. The number of hydrogen-bond donors (Lipinski definition) is 3. The summed E-state index contributed by atoms with van der Waals surface area (Å²) in [7, 11) is 0. The smallest absolute Gasteiger partial charge is 0.268 e. The number of nitrogens with one attached hydrogen (secondary N) is 3. The van der Waals surface area contributed by atoms with E-state index in [-0.39, 0.29) is 11.6 Å². The van der Waals surface area contributed by atoms with Gasteiger partial charge in [-0.3, -0.25) is 14.8 Å². The van der Waals surface area contributed by atoms with Crippen LogP contribution in [-0.2, 0) is 0 Å². The highest BCUT2D eigenvalue weighted by atomic mass is 32.1. The molecule has 0 radical (unpaired) electrons. The number of likely N-dealkylation sites (tertiary alicyclic amines) is 1. The van der Waals surface area contributed by atoms with Crippen LogP contribution in [0.2, 0.25) is 0 Å². The minimum absolute atomic E-state index is 0.0457. The van der Waals surface area contributed by atoms with Crippen molar-refractivity contribution in [3.05, 3.63) is 34.1 Å². The predicted octanol–water partition coefficient (Wildman–Crippen LogP) is 2.57. The second-order valence-corrected chi connectivity index (χ2v) is 8.68. The second kappa shape index (κ2) is 6.85. The van der Waals surface area contributed by atoms with E-state index in [1.54, 1.807) is 6.20 Å². The normalized spacial score (nSPS) is 24.0. The molecular formula is C19H24N6OS. The maximum atomic E-state index is 12.7. The molecule has 7 nitrogen and oxygen atoms in total. The number of piperidine rings is 1. The average molecular weight is 385 g/mol. The molecule has 0 aliphatic carbocycles. The summed E-state index contributed by atoms with van der Waals surface area (Å²) in [5.41, 5.74) is 2.76. The first kappa shape index (κ1) is 17.1. The van der Waals surface area contributed by atoms with Crippen molar-refractivity contribution in [1.29, 1.82) is 0 Å². The Balaban J connectivity index is 1.43. The van der Waals surface area contributed by atoms with E-state index in [2.05, 4.69) is 25.4 Å². The van der Waals surface area contributed by atoms with Crippen LogP contribution < -0.4 is 10.9 Å². The van der Waals surface area contributed by atoms with Gasteiger partial charge in [0.15, 0.2) is 0 Å². The molecule has 142 valence electrons.